The van der Waals surface area contributed by atoms with E-state index in [9.17, 15) is 14.7 Å². The van der Waals surface area contributed by atoms with Crippen molar-refractivity contribution in [3.8, 4) is 0 Å². The van der Waals surface area contributed by atoms with Gasteiger partial charge in [0.1, 0.15) is 6.61 Å². The molecular weight excluding hydrogens is 482 g/mol. The molecule has 2 amide bonds. The number of benzene rings is 2. The number of carbonyl (C=O) groups is 2. The average molecular weight is 526 g/mol. The van der Waals surface area contributed by atoms with Crippen LogP contribution in [0.5, 0.6) is 0 Å². The van der Waals surface area contributed by atoms with Crippen LogP contribution in [0.25, 0.3) is 16.8 Å². The molecule has 1 heterocycles. The van der Waals surface area contributed by atoms with Crippen LogP contribution >= 0.6 is 0 Å². The van der Waals surface area contributed by atoms with Gasteiger partial charge in [0.25, 0.3) is 0 Å². The summed E-state index contributed by atoms with van der Waals surface area (Å²) in [7, 11) is -2.16. The van der Waals surface area contributed by atoms with E-state index >= 15 is 0 Å². The van der Waals surface area contributed by atoms with Gasteiger partial charge in [-0.15, -0.1) is 0 Å². The van der Waals surface area contributed by atoms with Gasteiger partial charge >= 0.3 is 6.09 Å². The zero-order valence-electron chi connectivity index (χ0n) is 23.8. The molecule has 3 atom stereocenters. The molecule has 1 fully saturated rings. The zero-order chi connectivity index (χ0) is 27.8. The number of nitrogens with zero attached hydrogens (tertiary/aromatic N) is 1. The van der Waals surface area contributed by atoms with Gasteiger partial charge in [0.2, 0.25) is 5.91 Å². The second-order valence-corrected chi connectivity index (χ2v) is 17.2. The molecule has 0 radical (unpaired) electrons. The van der Waals surface area contributed by atoms with E-state index in [1.54, 1.807) is 6.92 Å². The van der Waals surface area contributed by atoms with E-state index in [4.69, 9.17) is 9.16 Å². The van der Waals surface area contributed by atoms with E-state index in [-0.39, 0.29) is 36.1 Å². The second kappa shape index (κ2) is 10.7. The second-order valence-electron chi connectivity index (χ2n) is 12.4. The molecular formula is C30H43NO5Si. The summed E-state index contributed by atoms with van der Waals surface area (Å²) < 4.78 is 11.8. The fourth-order valence-electron chi connectivity index (χ4n) is 4.09. The first-order valence-electron chi connectivity index (χ1n) is 13.1. The molecule has 1 saturated heterocycles. The van der Waals surface area contributed by atoms with Crippen LogP contribution in [0.4, 0.5) is 4.79 Å². The van der Waals surface area contributed by atoms with Crippen LogP contribution in [-0.4, -0.2) is 49.6 Å². The highest BCUT2D eigenvalue weighted by molar-refractivity contribution is 6.74. The lowest BCUT2D eigenvalue weighted by Crippen LogP contribution is -2.51. The Morgan fingerprint density at radius 2 is 1.78 bits per heavy atom. The summed E-state index contributed by atoms with van der Waals surface area (Å²) in [6.45, 7) is 18.8. The molecule has 2 aromatic carbocycles. The first kappa shape index (κ1) is 29.1. The number of hydrogen-bond donors (Lipinski definition) is 1. The van der Waals surface area contributed by atoms with Crippen molar-refractivity contribution in [3.63, 3.8) is 0 Å². The number of imide groups is 1. The molecule has 0 bridgehead atoms. The largest absolute Gasteiger partial charge is 0.447 e. The number of hydrogen-bond acceptors (Lipinski definition) is 5. The maximum Gasteiger partial charge on any atom is 0.417 e. The molecule has 0 spiro atoms. The molecule has 0 aromatic heterocycles. The molecule has 202 valence electrons. The summed E-state index contributed by atoms with van der Waals surface area (Å²) in [4.78, 5) is 27.9. The number of cyclic esters (lactones) is 1. The molecule has 0 saturated carbocycles. The summed E-state index contributed by atoms with van der Waals surface area (Å²) in [6, 6.07) is 11.7. The summed E-state index contributed by atoms with van der Waals surface area (Å²) in [5.74, 6) is -0.227. The smallest absolute Gasteiger partial charge is 0.417 e. The van der Waals surface area contributed by atoms with Crippen LogP contribution in [0, 0.1) is 11.3 Å². The maximum atomic E-state index is 14.0. The van der Waals surface area contributed by atoms with Gasteiger partial charge in [0.05, 0.1) is 24.2 Å². The molecule has 1 N–H and O–H groups in total. The first-order chi connectivity index (χ1) is 17.1. The SMILES string of the molecule is CC(C)[C@@H]1COC(=O)N1C(=O)[C@](C)(/C=C/c1ccc2ccc([C@@H](C)O)cc2c1)CO[Si](C)(C)C(C)(C)C. The summed E-state index contributed by atoms with van der Waals surface area (Å²) >= 11 is 0. The Bertz CT molecular complexity index is 1180. The van der Waals surface area contributed by atoms with Gasteiger partial charge in [0, 0.05) is 0 Å². The highest BCUT2D eigenvalue weighted by atomic mass is 28.4. The van der Waals surface area contributed by atoms with Gasteiger partial charge in [-0.2, -0.15) is 0 Å². The number of ether oxygens (including phenoxy) is 1. The Balaban J connectivity index is 2.00. The van der Waals surface area contributed by atoms with Crippen LogP contribution in [0.3, 0.4) is 0 Å². The van der Waals surface area contributed by atoms with Crippen molar-refractivity contribution in [2.45, 2.75) is 78.7 Å². The van der Waals surface area contributed by atoms with Gasteiger partial charge in [-0.25, -0.2) is 9.69 Å². The predicted molar refractivity (Wildman–Crippen MR) is 152 cm³/mol. The normalized spacial score (nSPS) is 19.5. The molecule has 37 heavy (non-hydrogen) atoms. The molecule has 0 aliphatic carbocycles. The van der Waals surface area contributed by atoms with Crippen molar-refractivity contribution in [3.05, 3.63) is 53.6 Å². The lowest BCUT2D eigenvalue weighted by Gasteiger charge is -2.39. The van der Waals surface area contributed by atoms with Crippen LogP contribution in [-0.2, 0) is 14.0 Å². The summed E-state index contributed by atoms with van der Waals surface area (Å²) in [5.41, 5.74) is 0.706. The minimum absolute atomic E-state index is 0.0202. The molecule has 6 nitrogen and oxygen atoms in total. The maximum absolute atomic E-state index is 14.0. The van der Waals surface area contributed by atoms with E-state index in [1.165, 1.54) is 4.90 Å². The fraction of sp³-hybridized carbons (Fsp3) is 0.533. The lowest BCUT2D eigenvalue weighted by molar-refractivity contribution is -0.138. The zero-order valence-corrected chi connectivity index (χ0v) is 24.8. The quantitative estimate of drug-likeness (QED) is 0.378. The standard InChI is InChI=1S/C30H43NO5Si/c1-20(2)26-18-35-28(34)31(26)27(33)30(7,19-36-37(8,9)29(4,5)6)15-14-22-10-11-23-12-13-24(21(3)32)17-25(23)16-22/h10-17,20-21,26,32H,18-19H2,1-9H3/b15-14+/t21-,26+,30-/m1/s1. The van der Waals surface area contributed by atoms with Crippen molar-refractivity contribution in [1.29, 1.82) is 0 Å². The Morgan fingerprint density at radius 3 is 2.38 bits per heavy atom. The van der Waals surface area contributed by atoms with E-state index in [1.807, 2.05) is 69.3 Å². The van der Waals surface area contributed by atoms with Crippen LogP contribution < -0.4 is 0 Å². The Labute approximate surface area is 222 Å². The van der Waals surface area contributed by atoms with Gasteiger partial charge in [-0.3, -0.25) is 4.79 Å². The molecule has 3 rings (SSSR count). The van der Waals surface area contributed by atoms with E-state index in [0.717, 1.165) is 21.9 Å². The minimum atomic E-state index is -2.16. The Hall–Kier alpha value is -2.48. The van der Waals surface area contributed by atoms with Crippen molar-refractivity contribution in [2.24, 2.45) is 11.3 Å². The van der Waals surface area contributed by atoms with Gasteiger partial charge < -0.3 is 14.3 Å². The van der Waals surface area contributed by atoms with Crippen molar-refractivity contribution >= 4 is 37.2 Å². The topological polar surface area (TPSA) is 76.1 Å². The van der Waals surface area contributed by atoms with Gasteiger partial charge in [-0.1, -0.05) is 71.0 Å². The van der Waals surface area contributed by atoms with Gasteiger partial charge in [0.15, 0.2) is 8.32 Å². The van der Waals surface area contributed by atoms with Crippen LogP contribution in [0.2, 0.25) is 18.1 Å². The van der Waals surface area contributed by atoms with Crippen LogP contribution in [0.1, 0.15) is 65.7 Å². The van der Waals surface area contributed by atoms with Gasteiger partial charge in [-0.05, 0) is 71.9 Å². The third-order valence-electron chi connectivity index (χ3n) is 7.94. The monoisotopic (exact) mass is 525 g/mol. The van der Waals surface area contributed by atoms with Crippen molar-refractivity contribution in [2.75, 3.05) is 13.2 Å². The average Bonchev–Trinajstić information content (AvgIpc) is 3.21. The fourth-order valence-corrected chi connectivity index (χ4v) is 5.18. The molecule has 1 aliphatic rings. The summed E-state index contributed by atoms with van der Waals surface area (Å²) in [6.07, 6.45) is 2.65. The Morgan fingerprint density at radius 1 is 1.14 bits per heavy atom. The highest BCUT2D eigenvalue weighted by Gasteiger charge is 2.47. The van der Waals surface area contributed by atoms with Crippen LogP contribution in [0.15, 0.2) is 42.5 Å². The first-order valence-corrected chi connectivity index (χ1v) is 16.0. The van der Waals surface area contributed by atoms with Crippen molar-refractivity contribution in [1.82, 2.24) is 4.90 Å². The number of amides is 2. The lowest BCUT2D eigenvalue weighted by atomic mass is 9.87. The minimum Gasteiger partial charge on any atom is -0.447 e. The molecule has 1 aliphatic heterocycles. The third kappa shape index (κ3) is 6.33. The highest BCUT2D eigenvalue weighted by Crippen LogP contribution is 2.39. The van der Waals surface area contributed by atoms with Crippen molar-refractivity contribution < 1.29 is 23.9 Å². The van der Waals surface area contributed by atoms with E-state index < -0.39 is 25.9 Å². The number of aliphatic hydroxyl groups is 1. The number of carbonyl (C=O) groups excluding carboxylic acids is 2. The number of fused-ring (bicyclic) bond motifs is 1. The molecule has 7 heteroatoms. The van der Waals surface area contributed by atoms with E-state index in [0.29, 0.717) is 0 Å². The summed E-state index contributed by atoms with van der Waals surface area (Å²) in [5, 5.41) is 12.0. The Kier molecular flexibility index (Phi) is 8.42. The third-order valence-corrected chi connectivity index (χ3v) is 12.4. The number of aliphatic hydroxyl groups excluding tert-OH is 1. The molecule has 2 aromatic rings. The number of rotatable bonds is 8. The molecule has 0 unspecified atom stereocenters. The predicted octanol–water partition coefficient (Wildman–Crippen LogP) is 6.94. The van der Waals surface area contributed by atoms with E-state index in [2.05, 4.69) is 33.9 Å².